The van der Waals surface area contributed by atoms with Crippen LogP contribution in [0.1, 0.15) is 25.7 Å². The first-order chi connectivity index (χ1) is 19.6. The first kappa shape index (κ1) is 29.2. The molecule has 1 aliphatic heterocycles. The molecule has 218 valence electrons. The van der Waals surface area contributed by atoms with Crippen molar-refractivity contribution in [1.29, 1.82) is 0 Å². The number of pyridine rings is 1. The van der Waals surface area contributed by atoms with Gasteiger partial charge in [0.2, 0.25) is 11.9 Å². The van der Waals surface area contributed by atoms with Gasteiger partial charge in [-0.3, -0.25) is 4.79 Å². The number of anilines is 2. The number of methoxy groups -OCH3 is 2. The molecular formula is C28H29Cl2F2N5O4. The van der Waals surface area contributed by atoms with Crippen LogP contribution in [-0.2, 0) is 9.53 Å². The molecule has 1 aromatic carbocycles. The van der Waals surface area contributed by atoms with Crippen LogP contribution in [-0.4, -0.2) is 66.2 Å². The molecule has 1 saturated carbocycles. The van der Waals surface area contributed by atoms with Gasteiger partial charge in [-0.05, 0) is 18.6 Å². The van der Waals surface area contributed by atoms with Crippen molar-refractivity contribution in [1.82, 2.24) is 15.0 Å². The molecule has 2 aliphatic rings. The number of hydrogen-bond acceptors (Lipinski definition) is 9. The first-order valence-electron chi connectivity index (χ1n) is 13.0. The number of benzene rings is 1. The molecule has 3 aromatic rings. The first-order valence-corrected chi connectivity index (χ1v) is 13.8. The smallest absolute Gasteiger partial charge is 0.250 e. The van der Waals surface area contributed by atoms with Crippen LogP contribution >= 0.6 is 23.2 Å². The van der Waals surface area contributed by atoms with E-state index in [2.05, 4.69) is 27.2 Å². The van der Waals surface area contributed by atoms with E-state index < -0.39 is 12.0 Å². The fourth-order valence-electron chi connectivity index (χ4n) is 5.18. The molecule has 2 N–H and O–H groups in total. The minimum absolute atomic E-state index is 0.0743. The Morgan fingerprint density at radius 1 is 1.17 bits per heavy atom. The standard InChI is InChI=1S/C28H29Cl2F2N5O4/c1-4-17(38)7-15-12-41-13-19(15)36-27-33-11-14-8-18(22-23(29)20(39-2)9-21(40-3)24(22)30)35-26(25(14)37-27)34-16-5-6-28(31,32)10-16/h4,8-9,11,15-16,19H,1,5-7,10,12-13H2,2-3H3,(H,34,35)(H,33,36,37)/t15-,16?,19+/m0/s1. The molecule has 1 unspecified atom stereocenters. The van der Waals surface area contributed by atoms with Crippen molar-refractivity contribution < 1.29 is 27.8 Å². The summed E-state index contributed by atoms with van der Waals surface area (Å²) in [6.45, 7) is 4.34. The monoisotopic (exact) mass is 607 g/mol. The number of aromatic nitrogens is 3. The minimum Gasteiger partial charge on any atom is -0.495 e. The van der Waals surface area contributed by atoms with Gasteiger partial charge in [-0.1, -0.05) is 29.8 Å². The second kappa shape index (κ2) is 11.9. The van der Waals surface area contributed by atoms with Crippen LogP contribution in [0.2, 0.25) is 10.0 Å². The van der Waals surface area contributed by atoms with Gasteiger partial charge in [0, 0.05) is 54.4 Å². The van der Waals surface area contributed by atoms with Crippen molar-refractivity contribution in [2.75, 3.05) is 38.1 Å². The zero-order valence-corrected chi connectivity index (χ0v) is 24.0. The van der Waals surface area contributed by atoms with E-state index in [-0.39, 0.29) is 65.2 Å². The lowest BCUT2D eigenvalue weighted by molar-refractivity contribution is -0.115. The summed E-state index contributed by atoms with van der Waals surface area (Å²) in [6, 6.07) is 2.56. The molecule has 2 aromatic heterocycles. The Morgan fingerprint density at radius 3 is 2.54 bits per heavy atom. The van der Waals surface area contributed by atoms with E-state index in [0.29, 0.717) is 46.9 Å². The van der Waals surface area contributed by atoms with Crippen LogP contribution in [0.3, 0.4) is 0 Å². The molecule has 5 rings (SSSR count). The number of allylic oxidation sites excluding steroid dienone is 1. The van der Waals surface area contributed by atoms with Gasteiger partial charge in [-0.2, -0.15) is 0 Å². The quantitative estimate of drug-likeness (QED) is 0.261. The molecule has 3 heterocycles. The lowest BCUT2D eigenvalue weighted by Crippen LogP contribution is -2.30. The van der Waals surface area contributed by atoms with Gasteiger partial charge >= 0.3 is 0 Å². The molecule has 1 saturated heterocycles. The van der Waals surface area contributed by atoms with E-state index in [4.69, 9.17) is 42.4 Å². The van der Waals surface area contributed by atoms with Crippen molar-refractivity contribution in [2.45, 2.75) is 43.7 Å². The van der Waals surface area contributed by atoms with Gasteiger partial charge < -0.3 is 24.8 Å². The van der Waals surface area contributed by atoms with E-state index in [9.17, 15) is 13.6 Å². The Bertz CT molecular complexity index is 1460. The van der Waals surface area contributed by atoms with Gasteiger partial charge in [0.05, 0.1) is 49.2 Å². The molecule has 3 atom stereocenters. The Kier molecular flexibility index (Phi) is 8.49. The molecule has 41 heavy (non-hydrogen) atoms. The number of nitrogens with zero attached hydrogens (tertiary/aromatic N) is 3. The summed E-state index contributed by atoms with van der Waals surface area (Å²) in [7, 11) is 2.93. The second-order valence-electron chi connectivity index (χ2n) is 10.1. The maximum atomic E-state index is 14.1. The van der Waals surface area contributed by atoms with Gasteiger partial charge in [0.25, 0.3) is 0 Å². The van der Waals surface area contributed by atoms with Crippen molar-refractivity contribution in [3.05, 3.63) is 41.0 Å². The topological polar surface area (TPSA) is 107 Å². The van der Waals surface area contributed by atoms with Crippen molar-refractivity contribution in [2.24, 2.45) is 5.92 Å². The maximum absolute atomic E-state index is 14.1. The van der Waals surface area contributed by atoms with Crippen molar-refractivity contribution in [3.63, 3.8) is 0 Å². The number of carbonyl (C=O) groups excluding carboxylic acids is 1. The zero-order chi connectivity index (χ0) is 29.3. The summed E-state index contributed by atoms with van der Waals surface area (Å²) < 4.78 is 44.5. The van der Waals surface area contributed by atoms with Crippen LogP contribution in [0.15, 0.2) is 31.0 Å². The normalized spacial score (nSPS) is 21.6. The molecule has 2 fully saturated rings. The largest absolute Gasteiger partial charge is 0.495 e. The van der Waals surface area contributed by atoms with E-state index >= 15 is 0 Å². The van der Waals surface area contributed by atoms with Crippen molar-refractivity contribution >= 4 is 51.7 Å². The summed E-state index contributed by atoms with van der Waals surface area (Å²) in [5.41, 5.74) is 1.13. The van der Waals surface area contributed by atoms with Gasteiger partial charge in [-0.25, -0.2) is 23.7 Å². The highest BCUT2D eigenvalue weighted by molar-refractivity contribution is 6.41. The lowest BCUT2D eigenvalue weighted by atomic mass is 9.97. The number of fused-ring (bicyclic) bond motifs is 1. The molecule has 9 nitrogen and oxygen atoms in total. The van der Waals surface area contributed by atoms with Gasteiger partial charge in [-0.15, -0.1) is 0 Å². The van der Waals surface area contributed by atoms with E-state index in [1.54, 1.807) is 18.3 Å². The number of nitrogens with one attached hydrogen (secondary N) is 2. The summed E-state index contributed by atoms with van der Waals surface area (Å²) in [4.78, 5) is 25.9. The average molecular weight is 608 g/mol. The third-order valence-electron chi connectivity index (χ3n) is 7.34. The number of rotatable bonds is 10. The summed E-state index contributed by atoms with van der Waals surface area (Å²) in [5, 5.41) is 7.42. The zero-order valence-electron chi connectivity index (χ0n) is 22.5. The molecule has 0 amide bonds. The van der Waals surface area contributed by atoms with Gasteiger partial charge in [0.1, 0.15) is 17.0 Å². The SMILES string of the molecule is C=CC(=O)C[C@H]1COC[C@H]1Nc1ncc2cc(-c3c(Cl)c(OC)cc(OC)c3Cl)nc(NC3CCC(F)(F)C3)c2n1. The van der Waals surface area contributed by atoms with Crippen LogP contribution in [0.5, 0.6) is 11.5 Å². The Hall–Kier alpha value is -3.28. The minimum atomic E-state index is -2.76. The molecule has 0 spiro atoms. The number of carbonyl (C=O) groups is 1. The number of ketones is 1. The third kappa shape index (κ3) is 6.17. The molecule has 13 heteroatoms. The second-order valence-corrected chi connectivity index (χ2v) is 10.9. The number of alkyl halides is 2. The molecular weight excluding hydrogens is 579 g/mol. The van der Waals surface area contributed by atoms with E-state index in [1.165, 1.54) is 20.3 Å². The maximum Gasteiger partial charge on any atom is 0.250 e. The van der Waals surface area contributed by atoms with Crippen LogP contribution in [0.25, 0.3) is 22.2 Å². The van der Waals surface area contributed by atoms with Gasteiger partial charge in [0.15, 0.2) is 11.6 Å². The van der Waals surface area contributed by atoms with E-state index in [0.717, 1.165) is 0 Å². The predicted octanol–water partition coefficient (Wildman–Crippen LogP) is 6.19. The summed E-state index contributed by atoms with van der Waals surface area (Å²) in [5.74, 6) is -1.69. The van der Waals surface area contributed by atoms with E-state index in [1.807, 2.05) is 0 Å². The Balaban J connectivity index is 1.57. The van der Waals surface area contributed by atoms with Crippen LogP contribution in [0.4, 0.5) is 20.5 Å². The summed E-state index contributed by atoms with van der Waals surface area (Å²) >= 11 is 13.3. The number of halogens is 4. The number of hydrogen-bond donors (Lipinski definition) is 2. The fourth-order valence-corrected chi connectivity index (χ4v) is 5.88. The highest BCUT2D eigenvalue weighted by Gasteiger charge is 2.40. The highest BCUT2D eigenvalue weighted by atomic mass is 35.5. The lowest BCUT2D eigenvalue weighted by Gasteiger charge is -2.20. The highest BCUT2D eigenvalue weighted by Crippen LogP contribution is 2.46. The third-order valence-corrected chi connectivity index (χ3v) is 8.09. The number of ether oxygens (including phenoxy) is 3. The summed E-state index contributed by atoms with van der Waals surface area (Å²) in [6.07, 6.45) is 2.90. The molecule has 0 radical (unpaired) electrons. The predicted molar refractivity (Wildman–Crippen MR) is 154 cm³/mol. The molecule has 0 bridgehead atoms. The fraction of sp³-hybridized carbons (Fsp3) is 0.429. The average Bonchev–Trinajstić information content (AvgIpc) is 3.53. The van der Waals surface area contributed by atoms with Crippen LogP contribution < -0.4 is 20.1 Å². The molecule has 1 aliphatic carbocycles. The van der Waals surface area contributed by atoms with Crippen LogP contribution in [0, 0.1) is 5.92 Å². The Morgan fingerprint density at radius 2 is 1.90 bits per heavy atom. The Labute approximate surface area is 245 Å². The van der Waals surface area contributed by atoms with Crippen molar-refractivity contribution in [3.8, 4) is 22.8 Å².